The van der Waals surface area contributed by atoms with Gasteiger partial charge in [0.2, 0.25) is 0 Å². The van der Waals surface area contributed by atoms with E-state index in [1.165, 1.54) is 12.1 Å². The van der Waals surface area contributed by atoms with E-state index >= 15 is 0 Å². The molecule has 2 heterocycles. The van der Waals surface area contributed by atoms with Gasteiger partial charge < -0.3 is 15.8 Å². The molecule has 1 fully saturated rings. The van der Waals surface area contributed by atoms with Crippen molar-refractivity contribution < 1.29 is 9.50 Å². The van der Waals surface area contributed by atoms with Crippen LogP contribution < -0.4 is 5.73 Å². The maximum atomic E-state index is 13.3. The summed E-state index contributed by atoms with van der Waals surface area (Å²) in [6, 6.07) is 14.2. The zero-order valence-electron chi connectivity index (χ0n) is 16.5. The van der Waals surface area contributed by atoms with E-state index in [1.807, 2.05) is 35.1 Å². The highest BCUT2D eigenvalue weighted by Crippen LogP contribution is 2.34. The van der Waals surface area contributed by atoms with Crippen LogP contribution in [0.15, 0.2) is 54.7 Å². The second kappa shape index (κ2) is 7.66. The average molecular weight is 405 g/mol. The van der Waals surface area contributed by atoms with Gasteiger partial charge >= 0.3 is 0 Å². The van der Waals surface area contributed by atoms with E-state index in [0.29, 0.717) is 25.2 Å². The number of fused-ring (bicyclic) bond motifs is 1. The Hall–Kier alpha value is -3.03. The molecule has 0 spiro atoms. The Kier molecular flexibility index (Phi) is 4.84. The predicted molar refractivity (Wildman–Crippen MR) is 113 cm³/mol. The summed E-state index contributed by atoms with van der Waals surface area (Å²) in [4.78, 5) is 8.20. The van der Waals surface area contributed by atoms with Crippen LogP contribution in [-0.2, 0) is 6.54 Å². The van der Waals surface area contributed by atoms with Gasteiger partial charge in [-0.25, -0.2) is 14.1 Å². The second-order valence-electron chi connectivity index (χ2n) is 8.07. The number of nitrogens with two attached hydrogens (primary N) is 1. The molecule has 30 heavy (non-hydrogen) atoms. The van der Waals surface area contributed by atoms with Gasteiger partial charge in [0.05, 0.1) is 12.6 Å². The number of aliphatic hydroxyl groups excluding tert-OH is 1. The van der Waals surface area contributed by atoms with Crippen molar-refractivity contribution in [1.82, 2.24) is 19.7 Å². The topological polar surface area (TPSA) is 92.8 Å². The first-order valence-corrected chi connectivity index (χ1v) is 10.3. The zero-order valence-corrected chi connectivity index (χ0v) is 16.5. The second-order valence-corrected chi connectivity index (χ2v) is 8.07. The summed E-state index contributed by atoms with van der Waals surface area (Å²) in [7, 11) is 0. The van der Waals surface area contributed by atoms with E-state index in [2.05, 4.69) is 4.98 Å². The van der Waals surface area contributed by atoms with Crippen molar-refractivity contribution >= 4 is 10.9 Å². The lowest BCUT2D eigenvalue weighted by Crippen LogP contribution is -2.40. The lowest BCUT2D eigenvalue weighted by molar-refractivity contribution is 0.0985. The standard InChI is InChI=1S/C23H24FN5O/c24-16-8-5-14(6-9-16)13-29-23(15-7-10-21(30)19(25)11-15)27-22(28-29)18-12-26-20-4-2-1-3-17(18)20/h1-6,8-9,12,15,19,21,26,30H,7,10-11,13,25H2/t15-,19+,21+/m0/s1. The number of rotatable bonds is 4. The third-order valence-corrected chi connectivity index (χ3v) is 6.00. The molecule has 1 aliphatic rings. The van der Waals surface area contributed by atoms with Crippen molar-refractivity contribution in [3.63, 3.8) is 0 Å². The third kappa shape index (κ3) is 3.51. The van der Waals surface area contributed by atoms with Crippen molar-refractivity contribution in [3.05, 3.63) is 71.9 Å². The number of H-pyrrole nitrogens is 1. The van der Waals surface area contributed by atoms with Crippen molar-refractivity contribution in [2.24, 2.45) is 5.73 Å². The number of aliphatic hydroxyl groups is 1. The van der Waals surface area contributed by atoms with Gasteiger partial charge in [-0.1, -0.05) is 30.3 Å². The molecule has 0 aliphatic heterocycles. The summed E-state index contributed by atoms with van der Waals surface area (Å²) in [5, 5.41) is 15.9. The minimum atomic E-state index is -0.470. The van der Waals surface area contributed by atoms with Gasteiger partial charge in [-0.3, -0.25) is 0 Å². The zero-order chi connectivity index (χ0) is 20.7. The lowest BCUT2D eigenvalue weighted by Gasteiger charge is -2.30. The third-order valence-electron chi connectivity index (χ3n) is 6.00. The van der Waals surface area contributed by atoms with E-state index in [9.17, 15) is 9.50 Å². The Morgan fingerprint density at radius 1 is 1.13 bits per heavy atom. The Morgan fingerprint density at radius 3 is 2.73 bits per heavy atom. The molecule has 3 atom stereocenters. The number of hydrogen-bond acceptors (Lipinski definition) is 4. The number of aromatic nitrogens is 4. The largest absolute Gasteiger partial charge is 0.392 e. The van der Waals surface area contributed by atoms with Crippen molar-refractivity contribution in [2.75, 3.05) is 0 Å². The van der Waals surface area contributed by atoms with E-state index in [0.717, 1.165) is 34.3 Å². The molecule has 7 heteroatoms. The number of halogens is 1. The molecule has 0 saturated heterocycles. The predicted octanol–water partition coefficient (Wildman–Crippen LogP) is 3.57. The molecule has 4 aromatic rings. The maximum Gasteiger partial charge on any atom is 0.183 e. The molecule has 2 aromatic carbocycles. The monoisotopic (exact) mass is 405 g/mol. The molecule has 1 saturated carbocycles. The van der Waals surface area contributed by atoms with Crippen molar-refractivity contribution in [3.8, 4) is 11.4 Å². The summed E-state index contributed by atoms with van der Waals surface area (Å²) in [6.45, 7) is 0.499. The van der Waals surface area contributed by atoms with Gasteiger partial charge in [0.1, 0.15) is 11.6 Å². The number of aromatic amines is 1. The quantitative estimate of drug-likeness (QED) is 0.484. The van der Waals surface area contributed by atoms with Crippen LogP contribution in [0.25, 0.3) is 22.3 Å². The first-order valence-electron chi connectivity index (χ1n) is 10.3. The average Bonchev–Trinajstić information content (AvgIpc) is 3.36. The fourth-order valence-corrected chi connectivity index (χ4v) is 4.33. The SMILES string of the molecule is N[C@@H]1C[C@@H](c2nc(-c3c[nH]c4ccccc34)nn2Cc2ccc(F)cc2)CC[C@H]1O. The van der Waals surface area contributed by atoms with E-state index in [1.54, 1.807) is 12.1 Å². The lowest BCUT2D eigenvalue weighted by atomic mass is 9.83. The molecule has 6 nitrogen and oxygen atoms in total. The van der Waals surface area contributed by atoms with Crippen LogP contribution in [0.1, 0.15) is 36.6 Å². The van der Waals surface area contributed by atoms with Crippen molar-refractivity contribution in [2.45, 2.75) is 43.9 Å². The molecule has 1 aliphatic carbocycles. The summed E-state index contributed by atoms with van der Waals surface area (Å²) in [6.07, 6.45) is 3.59. The van der Waals surface area contributed by atoms with Crippen LogP contribution in [0.4, 0.5) is 4.39 Å². The molecule has 2 aromatic heterocycles. The molecule has 154 valence electrons. The number of hydrogen-bond donors (Lipinski definition) is 3. The van der Waals surface area contributed by atoms with Crippen LogP contribution in [0.5, 0.6) is 0 Å². The van der Waals surface area contributed by atoms with Gasteiger partial charge in [-0.15, -0.1) is 0 Å². The molecule has 5 rings (SSSR count). The first kappa shape index (κ1) is 19.0. The van der Waals surface area contributed by atoms with E-state index in [4.69, 9.17) is 15.8 Å². The molecular weight excluding hydrogens is 381 g/mol. The Labute approximate surface area is 173 Å². The normalized spacial score (nSPS) is 21.9. The summed E-state index contributed by atoms with van der Waals surface area (Å²) < 4.78 is 15.2. The Morgan fingerprint density at radius 2 is 1.93 bits per heavy atom. The van der Waals surface area contributed by atoms with Gasteiger partial charge in [0.25, 0.3) is 0 Å². The van der Waals surface area contributed by atoms with Gasteiger partial charge in [-0.05, 0) is 43.0 Å². The van der Waals surface area contributed by atoms with Gasteiger partial charge in [0.15, 0.2) is 5.82 Å². The molecule has 4 N–H and O–H groups in total. The van der Waals surface area contributed by atoms with E-state index < -0.39 is 6.10 Å². The number of nitrogens with one attached hydrogen (secondary N) is 1. The van der Waals surface area contributed by atoms with Crippen LogP contribution in [0, 0.1) is 5.82 Å². The molecular formula is C23H24FN5O. The number of benzene rings is 2. The summed E-state index contributed by atoms with van der Waals surface area (Å²) >= 11 is 0. The minimum absolute atomic E-state index is 0.121. The van der Waals surface area contributed by atoms with Crippen LogP contribution in [-0.4, -0.2) is 37.0 Å². The van der Waals surface area contributed by atoms with Crippen molar-refractivity contribution in [1.29, 1.82) is 0 Å². The highest BCUT2D eigenvalue weighted by Gasteiger charge is 2.31. The molecule has 0 bridgehead atoms. The summed E-state index contributed by atoms with van der Waals surface area (Å²) in [5.74, 6) is 1.38. The number of para-hydroxylation sites is 1. The number of nitrogens with zero attached hydrogens (tertiary/aromatic N) is 3. The molecule has 0 radical (unpaired) electrons. The van der Waals surface area contributed by atoms with Crippen LogP contribution in [0.3, 0.4) is 0 Å². The van der Waals surface area contributed by atoms with Crippen LogP contribution in [0.2, 0.25) is 0 Å². The fourth-order valence-electron chi connectivity index (χ4n) is 4.33. The van der Waals surface area contributed by atoms with Crippen LogP contribution >= 0.6 is 0 Å². The molecule has 0 amide bonds. The highest BCUT2D eigenvalue weighted by atomic mass is 19.1. The maximum absolute atomic E-state index is 13.3. The first-order chi connectivity index (χ1) is 14.6. The van der Waals surface area contributed by atoms with Gasteiger partial charge in [0, 0.05) is 34.6 Å². The highest BCUT2D eigenvalue weighted by molar-refractivity contribution is 5.93. The smallest absolute Gasteiger partial charge is 0.183 e. The Balaban J connectivity index is 1.56. The Bertz CT molecular complexity index is 1170. The minimum Gasteiger partial charge on any atom is -0.392 e. The fraction of sp³-hybridized carbons (Fsp3) is 0.304. The van der Waals surface area contributed by atoms with Gasteiger partial charge in [-0.2, -0.15) is 5.10 Å². The summed E-state index contributed by atoms with van der Waals surface area (Å²) in [5.41, 5.74) is 9.08. The molecule has 0 unspecified atom stereocenters. The van der Waals surface area contributed by atoms with E-state index in [-0.39, 0.29) is 17.8 Å².